The van der Waals surface area contributed by atoms with E-state index in [2.05, 4.69) is 9.80 Å². The van der Waals surface area contributed by atoms with Gasteiger partial charge in [0.2, 0.25) is 11.8 Å². The van der Waals surface area contributed by atoms with Gasteiger partial charge in [0.05, 0.1) is 78.5 Å². The van der Waals surface area contributed by atoms with Crippen molar-refractivity contribution in [3.63, 3.8) is 0 Å². The summed E-state index contributed by atoms with van der Waals surface area (Å²) in [6.07, 6.45) is 11.0. The van der Waals surface area contributed by atoms with E-state index < -0.39 is 0 Å². The number of amides is 2. The fraction of sp³-hybridized carbons (Fsp3) is 0.917. The Balaban J connectivity index is 0.00000181. The second kappa shape index (κ2) is 13.1. The van der Waals surface area contributed by atoms with E-state index in [1.165, 1.54) is 87.0 Å². The predicted octanol–water partition coefficient (Wildman–Crippen LogP) is -3.76. The van der Waals surface area contributed by atoms with Crippen molar-refractivity contribution in [2.75, 3.05) is 78.5 Å². The van der Waals surface area contributed by atoms with Crippen molar-refractivity contribution in [1.29, 1.82) is 0 Å². The van der Waals surface area contributed by atoms with E-state index >= 15 is 0 Å². The second-order valence-corrected chi connectivity index (χ2v) is 10.6. The van der Waals surface area contributed by atoms with Crippen molar-refractivity contribution in [1.82, 2.24) is 9.80 Å². The summed E-state index contributed by atoms with van der Waals surface area (Å²) in [4.78, 5) is 29.2. The van der Waals surface area contributed by atoms with Crippen molar-refractivity contribution in [2.24, 2.45) is 0 Å². The lowest BCUT2D eigenvalue weighted by atomic mass is 10.1. The van der Waals surface area contributed by atoms with Gasteiger partial charge in [0, 0.05) is 38.5 Å². The van der Waals surface area contributed by atoms with Gasteiger partial charge in [0.15, 0.2) is 0 Å². The molecule has 0 atom stereocenters. The summed E-state index contributed by atoms with van der Waals surface area (Å²) in [5.74, 6) is 0.714. The van der Waals surface area contributed by atoms with E-state index in [0.717, 1.165) is 51.9 Å². The molecule has 4 saturated heterocycles. The van der Waals surface area contributed by atoms with Crippen LogP contribution >= 0.6 is 0 Å². The van der Waals surface area contributed by atoms with Gasteiger partial charge in [-0.1, -0.05) is 12.8 Å². The molecule has 2 spiro atoms. The van der Waals surface area contributed by atoms with E-state index in [1.54, 1.807) is 0 Å². The Hall–Kier alpha value is -0.180. The molecule has 0 bridgehead atoms. The van der Waals surface area contributed by atoms with Gasteiger partial charge in [-0.05, 0) is 12.8 Å². The summed E-state index contributed by atoms with van der Waals surface area (Å²) in [6.45, 7) is 13.9. The van der Waals surface area contributed by atoms with Crippen LogP contribution in [0.25, 0.3) is 0 Å². The van der Waals surface area contributed by atoms with E-state index in [-0.39, 0.29) is 34.0 Å². The molecule has 186 valence electrons. The molecule has 0 aromatic heterocycles. The van der Waals surface area contributed by atoms with Gasteiger partial charge in [-0.25, -0.2) is 0 Å². The molecule has 0 aliphatic carbocycles. The van der Waals surface area contributed by atoms with Crippen LogP contribution in [-0.2, 0) is 9.59 Å². The van der Waals surface area contributed by atoms with Crippen LogP contribution in [-0.4, -0.2) is 109 Å². The monoisotopic (exact) mass is 578 g/mol. The Morgan fingerprint density at radius 1 is 0.500 bits per heavy atom. The molecule has 0 saturated carbocycles. The zero-order valence-corrected chi connectivity index (χ0v) is 23.1. The molecular weight excluding hydrogens is 536 g/mol. The molecular formula is C24H44Br2N4O2. The van der Waals surface area contributed by atoms with Crippen LogP contribution in [0.15, 0.2) is 0 Å². The molecule has 4 aliphatic rings. The van der Waals surface area contributed by atoms with Gasteiger partial charge in [-0.3, -0.25) is 9.59 Å². The standard InChI is InChI=1S/C24H44N4O2.2BrH/c29-23(25-11-19-27(20-12-25)15-5-6-16-27)9-3-1-2-4-10-24(30)26-13-21-28(22-14-26)17-7-8-18-28;;/h1-22H2;2*1H/q+2;;/p-2. The number of hydrogen-bond acceptors (Lipinski definition) is 2. The van der Waals surface area contributed by atoms with Crippen LogP contribution in [0.3, 0.4) is 0 Å². The molecule has 0 aromatic rings. The van der Waals surface area contributed by atoms with Gasteiger partial charge < -0.3 is 52.7 Å². The molecule has 4 rings (SSSR count). The lowest BCUT2D eigenvalue weighted by molar-refractivity contribution is -0.920. The maximum absolute atomic E-state index is 12.5. The number of halogens is 2. The third kappa shape index (κ3) is 7.16. The van der Waals surface area contributed by atoms with Crippen LogP contribution in [0.4, 0.5) is 0 Å². The number of carbonyl (C=O) groups excluding carboxylic acids is 2. The molecule has 0 unspecified atom stereocenters. The highest BCUT2D eigenvalue weighted by molar-refractivity contribution is 5.76. The van der Waals surface area contributed by atoms with Crippen molar-refractivity contribution >= 4 is 11.8 Å². The molecule has 8 heteroatoms. The Morgan fingerprint density at radius 2 is 0.812 bits per heavy atom. The Morgan fingerprint density at radius 3 is 1.12 bits per heavy atom. The molecule has 6 nitrogen and oxygen atoms in total. The molecule has 4 fully saturated rings. The lowest BCUT2D eigenvalue weighted by Crippen LogP contribution is -3.00. The van der Waals surface area contributed by atoms with Crippen molar-refractivity contribution in [2.45, 2.75) is 64.2 Å². The molecule has 0 aromatic carbocycles. The highest BCUT2D eigenvalue weighted by atomic mass is 79.9. The summed E-state index contributed by atoms with van der Waals surface area (Å²) >= 11 is 0. The zero-order chi connectivity index (χ0) is 20.9. The van der Waals surface area contributed by atoms with Gasteiger partial charge in [0.25, 0.3) is 0 Å². The van der Waals surface area contributed by atoms with Crippen LogP contribution in [0.2, 0.25) is 0 Å². The predicted molar refractivity (Wildman–Crippen MR) is 119 cm³/mol. The molecule has 32 heavy (non-hydrogen) atoms. The third-order valence-corrected chi connectivity index (χ3v) is 8.64. The fourth-order valence-electron chi connectivity index (χ4n) is 6.41. The second-order valence-electron chi connectivity index (χ2n) is 10.6. The highest BCUT2D eigenvalue weighted by Gasteiger charge is 2.37. The smallest absolute Gasteiger partial charge is 0.222 e. The van der Waals surface area contributed by atoms with E-state index in [0.29, 0.717) is 24.7 Å². The average molecular weight is 580 g/mol. The summed E-state index contributed by atoms with van der Waals surface area (Å²) in [6, 6.07) is 0. The number of quaternary nitrogens is 2. The first-order valence-electron chi connectivity index (χ1n) is 12.9. The van der Waals surface area contributed by atoms with Crippen LogP contribution < -0.4 is 34.0 Å². The summed E-state index contributed by atoms with van der Waals surface area (Å²) in [7, 11) is 0. The van der Waals surface area contributed by atoms with Gasteiger partial charge in [0.1, 0.15) is 0 Å². The Bertz CT molecular complexity index is 535. The summed E-state index contributed by atoms with van der Waals surface area (Å²) in [5.41, 5.74) is 0. The molecule has 2 amide bonds. The minimum absolute atomic E-state index is 0. The maximum Gasteiger partial charge on any atom is 0.222 e. The fourth-order valence-corrected chi connectivity index (χ4v) is 6.41. The number of carbonyl (C=O) groups is 2. The molecule has 4 heterocycles. The number of rotatable bonds is 7. The zero-order valence-electron chi connectivity index (χ0n) is 19.9. The van der Waals surface area contributed by atoms with Crippen LogP contribution in [0.1, 0.15) is 64.2 Å². The topological polar surface area (TPSA) is 40.6 Å². The van der Waals surface area contributed by atoms with E-state index in [9.17, 15) is 9.59 Å². The largest absolute Gasteiger partial charge is 1.00 e. The third-order valence-electron chi connectivity index (χ3n) is 8.64. The summed E-state index contributed by atoms with van der Waals surface area (Å²) in [5, 5.41) is 0. The molecule has 4 aliphatic heterocycles. The van der Waals surface area contributed by atoms with E-state index in [4.69, 9.17) is 0 Å². The van der Waals surface area contributed by atoms with E-state index in [1.807, 2.05) is 0 Å². The first-order valence-corrected chi connectivity index (χ1v) is 12.9. The number of hydrogen-bond donors (Lipinski definition) is 0. The molecule has 0 N–H and O–H groups in total. The summed E-state index contributed by atoms with van der Waals surface area (Å²) < 4.78 is 2.55. The SMILES string of the molecule is O=C(CCCCCCC(=O)N1CC[N+]2(CCCC2)CC1)N1CC[N+]2(CCCC2)CC1.[Br-].[Br-]. The quantitative estimate of drug-likeness (QED) is 0.230. The lowest BCUT2D eigenvalue weighted by Gasteiger charge is -2.42. The number of unbranched alkanes of at least 4 members (excludes halogenated alkanes) is 3. The number of piperazine rings is 2. The van der Waals surface area contributed by atoms with Crippen molar-refractivity contribution < 1.29 is 52.5 Å². The van der Waals surface area contributed by atoms with Gasteiger partial charge >= 0.3 is 0 Å². The first kappa shape index (κ1) is 28.1. The minimum Gasteiger partial charge on any atom is -1.00 e. The van der Waals surface area contributed by atoms with Gasteiger partial charge in [-0.2, -0.15) is 0 Å². The minimum atomic E-state index is 0. The normalized spacial score (nSPS) is 23.8. The highest BCUT2D eigenvalue weighted by Crippen LogP contribution is 2.24. The van der Waals surface area contributed by atoms with Crippen molar-refractivity contribution in [3.05, 3.63) is 0 Å². The maximum atomic E-state index is 12.5. The van der Waals surface area contributed by atoms with Crippen LogP contribution in [0, 0.1) is 0 Å². The Labute approximate surface area is 216 Å². The van der Waals surface area contributed by atoms with Crippen LogP contribution in [0.5, 0.6) is 0 Å². The average Bonchev–Trinajstić information content (AvgIpc) is 3.41. The first-order chi connectivity index (χ1) is 14.6. The van der Waals surface area contributed by atoms with Gasteiger partial charge in [-0.15, -0.1) is 0 Å². The molecule has 0 radical (unpaired) electrons. The Kier molecular flexibility index (Phi) is 11.4. The number of nitrogens with zero attached hydrogens (tertiary/aromatic N) is 4. The van der Waals surface area contributed by atoms with Crippen molar-refractivity contribution in [3.8, 4) is 0 Å².